The fourth-order valence-electron chi connectivity index (χ4n) is 1.98. The quantitative estimate of drug-likeness (QED) is 0.853. The minimum absolute atomic E-state index is 0. The molecule has 2 aromatic rings. The number of rotatable bonds is 7. The van der Waals surface area contributed by atoms with Crippen LogP contribution in [0.3, 0.4) is 0 Å². The van der Waals surface area contributed by atoms with Crippen molar-refractivity contribution in [3.63, 3.8) is 0 Å². The highest BCUT2D eigenvalue weighted by Gasteiger charge is 1.99. The predicted molar refractivity (Wildman–Crippen MR) is 83.3 cm³/mol. The zero-order chi connectivity index (χ0) is 13.5. The van der Waals surface area contributed by atoms with Gasteiger partial charge < -0.3 is 10.1 Å². The van der Waals surface area contributed by atoms with Crippen LogP contribution < -0.4 is 10.1 Å². The minimum Gasteiger partial charge on any atom is -0.497 e. The van der Waals surface area contributed by atoms with Crippen LogP contribution in [0.5, 0.6) is 5.75 Å². The summed E-state index contributed by atoms with van der Waals surface area (Å²) < 4.78 is 7.20. The Morgan fingerprint density at radius 2 is 2.05 bits per heavy atom. The summed E-state index contributed by atoms with van der Waals surface area (Å²) in [5, 5.41) is 7.73. The lowest BCUT2D eigenvalue weighted by atomic mass is 10.2. The summed E-state index contributed by atoms with van der Waals surface area (Å²) in [6.07, 6.45) is 5.13. The lowest BCUT2D eigenvalue weighted by Gasteiger charge is -2.05. The van der Waals surface area contributed by atoms with E-state index in [0.29, 0.717) is 0 Å². The van der Waals surface area contributed by atoms with Gasteiger partial charge >= 0.3 is 0 Å². The van der Waals surface area contributed by atoms with Crippen LogP contribution >= 0.6 is 12.4 Å². The van der Waals surface area contributed by atoms with Crippen LogP contribution in [0.4, 0.5) is 0 Å². The second-order valence-electron chi connectivity index (χ2n) is 4.57. The molecule has 0 aliphatic rings. The molecular formula is C15H22ClN3O. The highest BCUT2D eigenvalue weighted by atomic mass is 35.5. The van der Waals surface area contributed by atoms with E-state index >= 15 is 0 Å². The lowest BCUT2D eigenvalue weighted by molar-refractivity contribution is 0.414. The van der Waals surface area contributed by atoms with Crippen molar-refractivity contribution in [2.75, 3.05) is 7.11 Å². The van der Waals surface area contributed by atoms with Gasteiger partial charge in [-0.15, -0.1) is 12.4 Å². The van der Waals surface area contributed by atoms with Crippen molar-refractivity contribution in [1.29, 1.82) is 0 Å². The molecule has 2 rings (SSSR count). The van der Waals surface area contributed by atoms with Crippen molar-refractivity contribution in [3.8, 4) is 5.75 Å². The molecule has 0 aliphatic carbocycles. The van der Waals surface area contributed by atoms with Gasteiger partial charge in [0.2, 0.25) is 0 Å². The summed E-state index contributed by atoms with van der Waals surface area (Å²) in [4.78, 5) is 0. The van der Waals surface area contributed by atoms with Gasteiger partial charge in [-0.25, -0.2) is 0 Å². The number of aryl methyl sites for hydroxylation is 1. The van der Waals surface area contributed by atoms with Gasteiger partial charge in [-0.2, -0.15) is 5.10 Å². The van der Waals surface area contributed by atoms with E-state index in [1.54, 1.807) is 7.11 Å². The first-order valence-electron chi connectivity index (χ1n) is 6.67. The fraction of sp³-hybridized carbons (Fsp3) is 0.400. The molecule has 5 heteroatoms. The summed E-state index contributed by atoms with van der Waals surface area (Å²) in [7, 11) is 1.69. The Bertz CT molecular complexity index is 513. The second kappa shape index (κ2) is 8.61. The molecule has 0 unspecified atom stereocenters. The van der Waals surface area contributed by atoms with E-state index in [0.717, 1.165) is 31.8 Å². The Kier molecular flexibility index (Phi) is 7.12. The van der Waals surface area contributed by atoms with Crippen molar-refractivity contribution < 1.29 is 4.74 Å². The largest absolute Gasteiger partial charge is 0.497 e. The third kappa shape index (κ3) is 4.87. The monoisotopic (exact) mass is 295 g/mol. The smallest absolute Gasteiger partial charge is 0.119 e. The summed E-state index contributed by atoms with van der Waals surface area (Å²) in [6, 6.07) is 8.11. The zero-order valence-corrected chi connectivity index (χ0v) is 12.8. The summed E-state index contributed by atoms with van der Waals surface area (Å²) in [6.45, 7) is 4.80. The standard InChI is InChI=1S/C15H21N3O.ClH/c1-3-7-18-12-14(11-17-18)10-16-9-13-5-4-6-15(8-13)19-2;/h4-6,8,11-12,16H,3,7,9-10H2,1-2H3;1H. The van der Waals surface area contributed by atoms with Crippen molar-refractivity contribution in [2.45, 2.75) is 33.0 Å². The van der Waals surface area contributed by atoms with E-state index in [9.17, 15) is 0 Å². The molecule has 20 heavy (non-hydrogen) atoms. The number of ether oxygens (including phenoxy) is 1. The molecule has 1 heterocycles. The van der Waals surface area contributed by atoms with E-state index in [4.69, 9.17) is 4.74 Å². The van der Waals surface area contributed by atoms with Crippen LogP contribution in [0.2, 0.25) is 0 Å². The second-order valence-corrected chi connectivity index (χ2v) is 4.57. The normalized spacial score (nSPS) is 10.1. The number of benzene rings is 1. The summed E-state index contributed by atoms with van der Waals surface area (Å²) in [5.74, 6) is 0.898. The molecular weight excluding hydrogens is 274 g/mol. The molecule has 0 bridgehead atoms. The number of aromatic nitrogens is 2. The predicted octanol–water partition coefficient (Wildman–Crippen LogP) is 3.01. The molecule has 0 radical (unpaired) electrons. The number of methoxy groups -OCH3 is 1. The lowest BCUT2D eigenvalue weighted by Crippen LogP contribution is -2.12. The maximum Gasteiger partial charge on any atom is 0.119 e. The number of hydrogen-bond donors (Lipinski definition) is 1. The summed E-state index contributed by atoms with van der Waals surface area (Å²) >= 11 is 0. The van der Waals surface area contributed by atoms with Gasteiger partial charge in [0.15, 0.2) is 0 Å². The van der Waals surface area contributed by atoms with Crippen LogP contribution in [-0.4, -0.2) is 16.9 Å². The van der Waals surface area contributed by atoms with E-state index in [1.165, 1.54) is 11.1 Å². The number of halogens is 1. The van der Waals surface area contributed by atoms with E-state index in [-0.39, 0.29) is 12.4 Å². The number of hydrogen-bond acceptors (Lipinski definition) is 3. The summed E-state index contributed by atoms with van der Waals surface area (Å²) in [5.41, 5.74) is 2.44. The molecule has 1 N–H and O–H groups in total. The number of nitrogens with one attached hydrogen (secondary N) is 1. The van der Waals surface area contributed by atoms with Crippen molar-refractivity contribution >= 4 is 12.4 Å². The molecule has 0 atom stereocenters. The van der Waals surface area contributed by atoms with Gasteiger partial charge in [-0.05, 0) is 24.1 Å². The molecule has 4 nitrogen and oxygen atoms in total. The van der Waals surface area contributed by atoms with Crippen molar-refractivity contribution in [2.24, 2.45) is 0 Å². The van der Waals surface area contributed by atoms with Gasteiger partial charge in [0, 0.05) is 31.4 Å². The molecule has 0 saturated carbocycles. The third-order valence-electron chi connectivity index (χ3n) is 2.93. The Labute approximate surface area is 126 Å². The Balaban J connectivity index is 0.00000200. The SMILES string of the molecule is CCCn1cc(CNCc2cccc(OC)c2)cn1.Cl. The molecule has 0 amide bonds. The number of nitrogens with zero attached hydrogens (tertiary/aromatic N) is 2. The van der Waals surface area contributed by atoms with Gasteiger partial charge in [0.25, 0.3) is 0 Å². The van der Waals surface area contributed by atoms with E-state index < -0.39 is 0 Å². The first-order valence-corrected chi connectivity index (χ1v) is 6.67. The van der Waals surface area contributed by atoms with Crippen molar-refractivity contribution in [1.82, 2.24) is 15.1 Å². The first-order chi connectivity index (χ1) is 9.31. The van der Waals surface area contributed by atoms with Crippen LogP contribution in [0.1, 0.15) is 24.5 Å². The molecule has 1 aromatic carbocycles. The third-order valence-corrected chi connectivity index (χ3v) is 2.93. The molecule has 0 fully saturated rings. The van der Waals surface area contributed by atoms with Gasteiger partial charge in [-0.3, -0.25) is 4.68 Å². The van der Waals surface area contributed by atoms with Crippen LogP contribution in [0, 0.1) is 0 Å². The molecule has 1 aromatic heterocycles. The van der Waals surface area contributed by atoms with Crippen LogP contribution in [0.15, 0.2) is 36.7 Å². The fourth-order valence-corrected chi connectivity index (χ4v) is 1.98. The average molecular weight is 296 g/mol. The first kappa shape index (κ1) is 16.5. The van der Waals surface area contributed by atoms with E-state index in [2.05, 4.69) is 29.6 Å². The van der Waals surface area contributed by atoms with Gasteiger partial charge in [0.05, 0.1) is 13.3 Å². The minimum atomic E-state index is 0. The maximum atomic E-state index is 5.21. The van der Waals surface area contributed by atoms with Crippen LogP contribution in [0.25, 0.3) is 0 Å². The van der Waals surface area contributed by atoms with Crippen molar-refractivity contribution in [3.05, 3.63) is 47.8 Å². The Morgan fingerprint density at radius 3 is 2.80 bits per heavy atom. The Hall–Kier alpha value is -1.52. The molecule has 0 aliphatic heterocycles. The zero-order valence-electron chi connectivity index (χ0n) is 12.0. The Morgan fingerprint density at radius 1 is 1.25 bits per heavy atom. The molecule has 0 spiro atoms. The molecule has 0 saturated heterocycles. The average Bonchev–Trinajstić information content (AvgIpc) is 2.87. The van der Waals surface area contributed by atoms with Crippen LogP contribution in [-0.2, 0) is 19.6 Å². The van der Waals surface area contributed by atoms with Gasteiger partial charge in [0.1, 0.15) is 5.75 Å². The maximum absolute atomic E-state index is 5.21. The topological polar surface area (TPSA) is 39.1 Å². The van der Waals surface area contributed by atoms with Gasteiger partial charge in [-0.1, -0.05) is 19.1 Å². The highest BCUT2D eigenvalue weighted by Crippen LogP contribution is 2.12. The molecule has 110 valence electrons. The van der Waals surface area contributed by atoms with E-state index in [1.807, 2.05) is 29.1 Å². The highest BCUT2D eigenvalue weighted by molar-refractivity contribution is 5.85.